The smallest absolute Gasteiger partial charge is 0.276 e. The Labute approximate surface area is 154 Å². The Hall–Kier alpha value is -2.31. The van der Waals surface area contributed by atoms with Crippen molar-refractivity contribution in [2.45, 2.75) is 18.6 Å². The first-order chi connectivity index (χ1) is 12.1. The molecule has 0 unspecified atom stereocenters. The summed E-state index contributed by atoms with van der Waals surface area (Å²) in [5.74, 6) is 0.868. The van der Waals surface area contributed by atoms with E-state index in [9.17, 15) is 4.79 Å². The molecule has 25 heavy (non-hydrogen) atoms. The van der Waals surface area contributed by atoms with Gasteiger partial charge in [-0.1, -0.05) is 53.7 Å². The molecule has 3 rings (SSSR count). The lowest BCUT2D eigenvalue weighted by molar-refractivity contribution is -0.115. The van der Waals surface area contributed by atoms with Crippen molar-refractivity contribution in [2.75, 3.05) is 11.1 Å². The lowest BCUT2D eigenvalue weighted by Crippen LogP contribution is -2.12. The van der Waals surface area contributed by atoms with Crippen LogP contribution in [-0.2, 0) is 4.79 Å². The average molecular weight is 374 g/mol. The summed E-state index contributed by atoms with van der Waals surface area (Å²) in [6, 6.07) is 15.0. The van der Waals surface area contributed by atoms with Gasteiger partial charge in [0.1, 0.15) is 0 Å². The summed E-state index contributed by atoms with van der Waals surface area (Å²) in [4.78, 5) is 12.0. The number of carbonyl (C=O) groups is 1. The Morgan fingerprint density at radius 2 is 1.92 bits per heavy atom. The highest BCUT2D eigenvalue weighted by atomic mass is 35.5. The number of halogens is 1. The van der Waals surface area contributed by atoms with Crippen LogP contribution in [0.15, 0.2) is 58.2 Å². The third kappa shape index (κ3) is 4.61. The maximum atomic E-state index is 12.0. The molecule has 1 aromatic heterocycles. The van der Waals surface area contributed by atoms with E-state index >= 15 is 0 Å². The fraction of sp³-hybridized carbons (Fsp3) is 0.167. The molecular weight excluding hydrogens is 358 g/mol. The highest BCUT2D eigenvalue weighted by molar-refractivity contribution is 7.99. The minimum atomic E-state index is -0.0485. The zero-order valence-corrected chi connectivity index (χ0v) is 15.1. The van der Waals surface area contributed by atoms with Gasteiger partial charge in [-0.25, -0.2) is 0 Å². The van der Waals surface area contributed by atoms with Crippen molar-refractivity contribution >= 4 is 35.0 Å². The first kappa shape index (κ1) is 17.5. The van der Waals surface area contributed by atoms with E-state index in [1.165, 1.54) is 11.8 Å². The van der Waals surface area contributed by atoms with Gasteiger partial charge < -0.3 is 9.73 Å². The summed E-state index contributed by atoms with van der Waals surface area (Å²) in [5, 5.41) is 11.9. The van der Waals surface area contributed by atoms with Gasteiger partial charge in [-0.3, -0.25) is 4.79 Å². The lowest BCUT2D eigenvalue weighted by atomic mass is 10.2. The number of hydrogen-bond acceptors (Lipinski definition) is 5. The fourth-order valence-corrected chi connectivity index (χ4v) is 3.08. The van der Waals surface area contributed by atoms with Crippen LogP contribution in [0.3, 0.4) is 0 Å². The first-order valence-corrected chi connectivity index (χ1v) is 9.06. The van der Waals surface area contributed by atoms with E-state index in [1.807, 2.05) is 49.4 Å². The van der Waals surface area contributed by atoms with Gasteiger partial charge >= 0.3 is 0 Å². The molecule has 7 heteroatoms. The Kier molecular flexibility index (Phi) is 5.73. The van der Waals surface area contributed by atoms with Gasteiger partial charge in [0.25, 0.3) is 5.22 Å². The third-order valence-corrected chi connectivity index (χ3v) is 4.63. The van der Waals surface area contributed by atoms with E-state index in [4.69, 9.17) is 16.0 Å². The van der Waals surface area contributed by atoms with E-state index < -0.39 is 0 Å². The molecule has 0 fully saturated rings. The molecule has 1 N–H and O–H groups in total. The summed E-state index contributed by atoms with van der Waals surface area (Å²) in [6.45, 7) is 1.96. The molecule has 5 nitrogen and oxygen atoms in total. The molecule has 0 saturated heterocycles. The Morgan fingerprint density at radius 3 is 2.72 bits per heavy atom. The number of nitrogens with one attached hydrogen (secondary N) is 1. The normalized spacial score (nSPS) is 10.6. The maximum Gasteiger partial charge on any atom is 0.276 e. The Balaban J connectivity index is 1.52. The van der Waals surface area contributed by atoms with Gasteiger partial charge in [-0.15, -0.1) is 10.2 Å². The Bertz CT molecular complexity index is 882. The molecule has 0 spiro atoms. The topological polar surface area (TPSA) is 68.0 Å². The van der Waals surface area contributed by atoms with E-state index in [2.05, 4.69) is 15.5 Å². The van der Waals surface area contributed by atoms with Crippen LogP contribution in [0.1, 0.15) is 12.0 Å². The SMILES string of the molecule is Cc1ccccc1NC(=O)CCSc1nnc(-c2ccccc2Cl)o1. The van der Waals surface area contributed by atoms with Crippen LogP contribution in [0, 0.1) is 6.92 Å². The number of nitrogens with zero attached hydrogens (tertiary/aromatic N) is 2. The number of amides is 1. The summed E-state index contributed by atoms with van der Waals surface area (Å²) in [5.41, 5.74) is 2.56. The number of aromatic nitrogens is 2. The summed E-state index contributed by atoms with van der Waals surface area (Å²) >= 11 is 7.46. The highest BCUT2D eigenvalue weighted by Gasteiger charge is 2.12. The van der Waals surface area contributed by atoms with Gasteiger partial charge in [0.15, 0.2) is 0 Å². The second-order valence-corrected chi connectivity index (χ2v) is 6.77. The van der Waals surface area contributed by atoms with Crippen molar-refractivity contribution < 1.29 is 9.21 Å². The predicted molar refractivity (Wildman–Crippen MR) is 99.9 cm³/mol. The molecule has 1 heterocycles. The van der Waals surface area contributed by atoms with Crippen LogP contribution < -0.4 is 5.32 Å². The quantitative estimate of drug-likeness (QED) is 0.627. The molecule has 3 aromatic rings. The molecule has 2 aromatic carbocycles. The van der Waals surface area contributed by atoms with Crippen molar-refractivity contribution in [1.29, 1.82) is 0 Å². The number of thioether (sulfide) groups is 1. The molecule has 0 aliphatic carbocycles. The van der Waals surface area contributed by atoms with Gasteiger partial charge in [0.05, 0.1) is 10.6 Å². The Morgan fingerprint density at radius 1 is 1.16 bits per heavy atom. The zero-order chi connectivity index (χ0) is 17.6. The first-order valence-electron chi connectivity index (χ1n) is 7.70. The minimum Gasteiger partial charge on any atom is -0.411 e. The number of para-hydroxylation sites is 1. The van der Waals surface area contributed by atoms with E-state index in [-0.39, 0.29) is 5.91 Å². The highest BCUT2D eigenvalue weighted by Crippen LogP contribution is 2.28. The molecule has 0 atom stereocenters. The van der Waals surface area contributed by atoms with Gasteiger partial charge in [-0.05, 0) is 30.7 Å². The molecule has 1 amide bonds. The summed E-state index contributed by atoms with van der Waals surface area (Å²) in [7, 11) is 0. The average Bonchev–Trinajstić information content (AvgIpc) is 3.06. The largest absolute Gasteiger partial charge is 0.411 e. The number of carbonyl (C=O) groups excluding carboxylic acids is 1. The lowest BCUT2D eigenvalue weighted by Gasteiger charge is -2.07. The fourth-order valence-electron chi connectivity index (χ4n) is 2.17. The number of benzene rings is 2. The van der Waals surface area contributed by atoms with Crippen molar-refractivity contribution in [1.82, 2.24) is 10.2 Å². The van der Waals surface area contributed by atoms with Crippen molar-refractivity contribution in [3.63, 3.8) is 0 Å². The van der Waals surface area contributed by atoms with Gasteiger partial charge in [0.2, 0.25) is 11.8 Å². The minimum absolute atomic E-state index is 0.0485. The van der Waals surface area contributed by atoms with Crippen molar-refractivity contribution in [2.24, 2.45) is 0 Å². The summed E-state index contributed by atoms with van der Waals surface area (Å²) < 4.78 is 5.59. The second-order valence-electron chi connectivity index (χ2n) is 5.31. The zero-order valence-electron chi connectivity index (χ0n) is 13.5. The number of rotatable bonds is 6. The van der Waals surface area contributed by atoms with Crippen LogP contribution >= 0.6 is 23.4 Å². The van der Waals surface area contributed by atoms with Crippen molar-refractivity contribution in [3.8, 4) is 11.5 Å². The molecule has 0 bridgehead atoms. The number of aryl methyl sites for hydroxylation is 1. The van der Waals surface area contributed by atoms with Crippen LogP contribution in [0.4, 0.5) is 5.69 Å². The third-order valence-electron chi connectivity index (χ3n) is 3.48. The van der Waals surface area contributed by atoms with Crippen LogP contribution in [-0.4, -0.2) is 21.9 Å². The summed E-state index contributed by atoms with van der Waals surface area (Å²) in [6.07, 6.45) is 0.350. The monoisotopic (exact) mass is 373 g/mol. The molecule has 0 aliphatic heterocycles. The van der Waals surface area contributed by atoms with E-state index in [0.29, 0.717) is 33.9 Å². The van der Waals surface area contributed by atoms with Crippen LogP contribution in [0.2, 0.25) is 5.02 Å². The number of anilines is 1. The van der Waals surface area contributed by atoms with E-state index in [0.717, 1.165) is 11.3 Å². The maximum absolute atomic E-state index is 12.0. The van der Waals surface area contributed by atoms with Gasteiger partial charge in [-0.2, -0.15) is 0 Å². The molecule has 0 aliphatic rings. The van der Waals surface area contributed by atoms with Crippen LogP contribution in [0.5, 0.6) is 0 Å². The number of hydrogen-bond donors (Lipinski definition) is 1. The van der Waals surface area contributed by atoms with Crippen molar-refractivity contribution in [3.05, 3.63) is 59.1 Å². The van der Waals surface area contributed by atoms with Gasteiger partial charge in [0, 0.05) is 17.9 Å². The molecular formula is C18H16ClN3O2S. The molecule has 0 radical (unpaired) electrons. The predicted octanol–water partition coefficient (Wildman–Crippen LogP) is 4.82. The van der Waals surface area contributed by atoms with E-state index in [1.54, 1.807) is 6.07 Å². The second kappa shape index (κ2) is 8.18. The molecule has 128 valence electrons. The standard InChI is InChI=1S/C18H16ClN3O2S/c1-12-6-2-5-9-15(12)20-16(23)10-11-25-18-22-21-17(24-18)13-7-3-4-8-14(13)19/h2-9H,10-11H2,1H3,(H,20,23). The van der Waals surface area contributed by atoms with Crippen LogP contribution in [0.25, 0.3) is 11.5 Å². The molecule has 0 saturated carbocycles.